The van der Waals surface area contributed by atoms with Gasteiger partial charge in [0.15, 0.2) is 0 Å². The summed E-state index contributed by atoms with van der Waals surface area (Å²) in [5.41, 5.74) is 17.7. The molecule has 1 heterocycles. The first-order chi connectivity index (χ1) is 14.2. The molecule has 0 aliphatic carbocycles. The van der Waals surface area contributed by atoms with Crippen molar-refractivity contribution in [1.29, 1.82) is 0 Å². The lowest BCUT2D eigenvalue weighted by atomic mass is 9.99. The lowest BCUT2D eigenvalue weighted by Gasteiger charge is -2.22. The molecule has 0 saturated heterocycles. The molecule has 0 fully saturated rings. The van der Waals surface area contributed by atoms with Gasteiger partial charge in [-0.05, 0) is 36.2 Å². The van der Waals surface area contributed by atoms with E-state index in [1.54, 1.807) is 0 Å². The number of halogens is 2. The van der Waals surface area contributed by atoms with Crippen LogP contribution in [0.5, 0.6) is 0 Å². The number of rotatable bonds is 8. The van der Waals surface area contributed by atoms with Crippen LogP contribution < -0.4 is 11.5 Å². The second-order valence-electron chi connectivity index (χ2n) is 8.05. The Bertz CT molecular complexity index is 1050. The van der Waals surface area contributed by atoms with Gasteiger partial charge in [-0.1, -0.05) is 81.5 Å². The Morgan fingerprint density at radius 3 is 1.81 bits per heavy atom. The summed E-state index contributed by atoms with van der Waals surface area (Å²) in [6, 6.07) is 23.6. The summed E-state index contributed by atoms with van der Waals surface area (Å²) in [5, 5.41) is 2.47. The molecule has 0 amide bonds. The van der Waals surface area contributed by atoms with Crippen LogP contribution in [0.25, 0.3) is 21.8 Å². The van der Waals surface area contributed by atoms with Crippen molar-refractivity contribution in [3.05, 3.63) is 72.3 Å². The van der Waals surface area contributed by atoms with Gasteiger partial charge in [-0.3, -0.25) is 0 Å². The number of hydrogen-bond donors (Lipinski definition) is 2. The fourth-order valence-electron chi connectivity index (χ4n) is 4.48. The fraction of sp³-hybridized carbons (Fsp3) is 0.308. The van der Waals surface area contributed by atoms with Crippen molar-refractivity contribution >= 4 is 58.0 Å². The molecule has 4 rings (SSSR count). The van der Waals surface area contributed by atoms with Crippen LogP contribution in [0.2, 0.25) is 0 Å². The molecule has 3 nitrogen and oxygen atoms in total. The maximum absolute atomic E-state index is 6.20. The van der Waals surface area contributed by atoms with E-state index in [1.807, 2.05) is 12.1 Å². The van der Waals surface area contributed by atoms with Gasteiger partial charge in [-0.15, -0.1) is 24.8 Å². The van der Waals surface area contributed by atoms with Crippen molar-refractivity contribution in [2.45, 2.75) is 51.5 Å². The molecule has 4 aromatic rings. The van der Waals surface area contributed by atoms with Crippen molar-refractivity contribution in [3.8, 4) is 0 Å². The Labute approximate surface area is 197 Å². The highest BCUT2D eigenvalue weighted by atomic mass is 35.5. The van der Waals surface area contributed by atoms with Gasteiger partial charge < -0.3 is 16.0 Å². The molecule has 0 aliphatic heterocycles. The normalized spacial score (nSPS) is 11.8. The number of unbranched alkanes of at least 4 members (excludes halogenated alkanes) is 4. The van der Waals surface area contributed by atoms with Crippen molar-refractivity contribution in [1.82, 2.24) is 4.57 Å². The quantitative estimate of drug-likeness (QED) is 0.209. The molecule has 0 aliphatic rings. The summed E-state index contributed by atoms with van der Waals surface area (Å²) in [6.45, 7) is 2.26. The van der Waals surface area contributed by atoms with E-state index in [1.165, 1.54) is 59.5 Å². The summed E-state index contributed by atoms with van der Waals surface area (Å²) < 4.78 is 2.46. The third kappa shape index (κ3) is 5.28. The van der Waals surface area contributed by atoms with Gasteiger partial charge in [0.25, 0.3) is 0 Å². The Balaban J connectivity index is 0.00000171. The summed E-state index contributed by atoms with van der Waals surface area (Å²) in [5.74, 6) is 0. The first-order valence-electron chi connectivity index (χ1n) is 10.8. The van der Waals surface area contributed by atoms with E-state index in [-0.39, 0.29) is 30.9 Å². The van der Waals surface area contributed by atoms with Crippen molar-refractivity contribution in [2.24, 2.45) is 0 Å². The van der Waals surface area contributed by atoms with Crippen LogP contribution in [-0.4, -0.2) is 4.57 Å². The lowest BCUT2D eigenvalue weighted by molar-refractivity contribution is 0.513. The zero-order valence-electron chi connectivity index (χ0n) is 18.1. The summed E-state index contributed by atoms with van der Waals surface area (Å²) in [7, 11) is 0. The molecule has 0 radical (unpaired) electrons. The van der Waals surface area contributed by atoms with Gasteiger partial charge in [0.2, 0.25) is 0 Å². The van der Waals surface area contributed by atoms with Gasteiger partial charge >= 0.3 is 0 Å². The van der Waals surface area contributed by atoms with E-state index in [2.05, 4.69) is 66.1 Å². The van der Waals surface area contributed by atoms with Gasteiger partial charge in [-0.25, -0.2) is 0 Å². The predicted molar refractivity (Wildman–Crippen MR) is 141 cm³/mol. The molecule has 0 spiro atoms. The van der Waals surface area contributed by atoms with Crippen LogP contribution in [0.1, 0.15) is 57.1 Å². The SMILES string of the molecule is CCCCCCCC(c1ccccc1)n1c2cc(N)ccc2c2ccc(N)cc21.Cl.Cl. The molecular formula is C26H33Cl2N3. The largest absolute Gasteiger partial charge is 0.399 e. The Morgan fingerprint density at radius 2 is 1.26 bits per heavy atom. The molecule has 4 N–H and O–H groups in total. The summed E-state index contributed by atoms with van der Waals surface area (Å²) >= 11 is 0. The monoisotopic (exact) mass is 457 g/mol. The number of anilines is 2. The molecule has 1 aromatic heterocycles. The molecule has 31 heavy (non-hydrogen) atoms. The minimum atomic E-state index is 0. The number of nitrogens with two attached hydrogens (primary N) is 2. The van der Waals surface area contributed by atoms with Gasteiger partial charge in [0.05, 0.1) is 17.1 Å². The topological polar surface area (TPSA) is 57.0 Å². The molecule has 1 unspecified atom stereocenters. The second kappa shape index (κ2) is 11.3. The Hall–Kier alpha value is -2.36. The molecule has 0 bridgehead atoms. The minimum Gasteiger partial charge on any atom is -0.399 e. The van der Waals surface area contributed by atoms with Crippen LogP contribution in [0.4, 0.5) is 11.4 Å². The fourth-order valence-corrected chi connectivity index (χ4v) is 4.48. The van der Waals surface area contributed by atoms with E-state index >= 15 is 0 Å². The molecule has 1 atom stereocenters. The molecule has 166 valence electrons. The molecule has 5 heteroatoms. The first kappa shape index (κ1) is 24.9. The maximum Gasteiger partial charge on any atom is 0.0592 e. The smallest absolute Gasteiger partial charge is 0.0592 e. The highest BCUT2D eigenvalue weighted by molar-refractivity contribution is 6.09. The number of fused-ring (bicyclic) bond motifs is 3. The van der Waals surface area contributed by atoms with E-state index < -0.39 is 0 Å². The van der Waals surface area contributed by atoms with Crippen LogP contribution in [0.15, 0.2) is 66.7 Å². The number of nitrogens with zero attached hydrogens (tertiary/aromatic N) is 1. The zero-order valence-corrected chi connectivity index (χ0v) is 19.7. The Morgan fingerprint density at radius 1 is 0.710 bits per heavy atom. The zero-order chi connectivity index (χ0) is 20.2. The third-order valence-electron chi connectivity index (χ3n) is 5.93. The van der Waals surface area contributed by atoms with Gasteiger partial charge in [-0.2, -0.15) is 0 Å². The average Bonchev–Trinajstić information content (AvgIpc) is 3.03. The number of benzene rings is 3. The second-order valence-corrected chi connectivity index (χ2v) is 8.05. The maximum atomic E-state index is 6.20. The van der Waals surface area contributed by atoms with Crippen molar-refractivity contribution in [3.63, 3.8) is 0 Å². The summed E-state index contributed by atoms with van der Waals surface area (Å²) in [6.07, 6.45) is 7.50. The number of aromatic nitrogens is 1. The molecule has 3 aromatic carbocycles. The van der Waals surface area contributed by atoms with Crippen LogP contribution in [0, 0.1) is 0 Å². The number of hydrogen-bond acceptors (Lipinski definition) is 2. The predicted octanol–water partition coefficient (Wildman–Crippen LogP) is 7.75. The minimum absolute atomic E-state index is 0. The van der Waals surface area contributed by atoms with E-state index in [9.17, 15) is 0 Å². The van der Waals surface area contributed by atoms with E-state index in [0.717, 1.165) is 17.8 Å². The average molecular weight is 458 g/mol. The first-order valence-corrected chi connectivity index (χ1v) is 10.8. The van der Waals surface area contributed by atoms with Crippen LogP contribution >= 0.6 is 24.8 Å². The Kier molecular flexibility index (Phi) is 9.09. The highest BCUT2D eigenvalue weighted by Gasteiger charge is 2.20. The lowest BCUT2D eigenvalue weighted by Crippen LogP contribution is -2.11. The third-order valence-corrected chi connectivity index (χ3v) is 5.93. The summed E-state index contributed by atoms with van der Waals surface area (Å²) in [4.78, 5) is 0. The number of nitrogen functional groups attached to an aromatic ring is 2. The molecule has 0 saturated carbocycles. The molecular weight excluding hydrogens is 425 g/mol. The van der Waals surface area contributed by atoms with E-state index in [0.29, 0.717) is 0 Å². The highest BCUT2D eigenvalue weighted by Crippen LogP contribution is 2.38. The van der Waals surface area contributed by atoms with Crippen molar-refractivity contribution < 1.29 is 0 Å². The van der Waals surface area contributed by atoms with E-state index in [4.69, 9.17) is 11.5 Å². The van der Waals surface area contributed by atoms with Crippen LogP contribution in [-0.2, 0) is 0 Å². The standard InChI is InChI=1S/C26H31N3.2ClH/c1-2-3-4-5-9-12-24(19-10-7-6-8-11-19)29-25-17-20(27)13-15-22(25)23-16-14-21(28)18-26(23)29;;/h6-8,10-11,13-18,24H,2-5,9,12,27-28H2,1H3;2*1H. The van der Waals surface area contributed by atoms with Gasteiger partial charge in [0, 0.05) is 22.1 Å². The van der Waals surface area contributed by atoms with Gasteiger partial charge in [0.1, 0.15) is 0 Å². The van der Waals surface area contributed by atoms with Crippen molar-refractivity contribution in [2.75, 3.05) is 11.5 Å². The van der Waals surface area contributed by atoms with Crippen LogP contribution in [0.3, 0.4) is 0 Å².